The first-order valence-electron chi connectivity index (χ1n) is 5.65. The minimum absolute atomic E-state index is 0.212. The van der Waals surface area contributed by atoms with Crippen LogP contribution in [-0.2, 0) is 10.0 Å². The SMILES string of the molecule is CCN(CC1CC1)S(=O)(=O)c1ccc(Cl)nc1. The Morgan fingerprint density at radius 2 is 2.18 bits per heavy atom. The van der Waals surface area contributed by atoms with Gasteiger partial charge in [-0.05, 0) is 30.9 Å². The Morgan fingerprint density at radius 3 is 2.65 bits per heavy atom. The average Bonchev–Trinajstić information content (AvgIpc) is 3.10. The molecule has 4 nitrogen and oxygen atoms in total. The van der Waals surface area contributed by atoms with Gasteiger partial charge in [0.2, 0.25) is 10.0 Å². The number of nitrogens with zero attached hydrogens (tertiary/aromatic N) is 2. The second-order valence-corrected chi connectivity index (χ2v) is 6.54. The molecule has 0 bridgehead atoms. The van der Waals surface area contributed by atoms with E-state index in [0.29, 0.717) is 24.2 Å². The molecule has 1 aliphatic carbocycles. The van der Waals surface area contributed by atoms with Gasteiger partial charge >= 0.3 is 0 Å². The van der Waals surface area contributed by atoms with Crippen molar-refractivity contribution in [1.29, 1.82) is 0 Å². The van der Waals surface area contributed by atoms with Crippen LogP contribution in [0.3, 0.4) is 0 Å². The fraction of sp³-hybridized carbons (Fsp3) is 0.545. The summed E-state index contributed by atoms with van der Waals surface area (Å²) < 4.78 is 26.1. The van der Waals surface area contributed by atoms with Gasteiger partial charge in [-0.1, -0.05) is 18.5 Å². The highest BCUT2D eigenvalue weighted by Crippen LogP contribution is 2.31. The molecule has 0 atom stereocenters. The summed E-state index contributed by atoms with van der Waals surface area (Å²) in [6.07, 6.45) is 3.57. The molecular weight excluding hydrogens is 260 g/mol. The molecule has 1 fully saturated rings. The molecule has 0 unspecified atom stereocenters. The van der Waals surface area contributed by atoms with Gasteiger partial charge in [-0.15, -0.1) is 0 Å². The van der Waals surface area contributed by atoms with Crippen LogP contribution in [0.1, 0.15) is 19.8 Å². The van der Waals surface area contributed by atoms with Gasteiger partial charge in [0.05, 0.1) is 0 Å². The molecule has 0 N–H and O–H groups in total. The van der Waals surface area contributed by atoms with Crippen LogP contribution in [0.5, 0.6) is 0 Å². The first kappa shape index (κ1) is 12.8. The first-order valence-corrected chi connectivity index (χ1v) is 7.47. The summed E-state index contributed by atoms with van der Waals surface area (Å²) in [4.78, 5) is 4.03. The molecule has 1 aliphatic rings. The van der Waals surface area contributed by atoms with Crippen molar-refractivity contribution in [2.75, 3.05) is 13.1 Å². The lowest BCUT2D eigenvalue weighted by Crippen LogP contribution is -2.32. The number of sulfonamides is 1. The van der Waals surface area contributed by atoms with Gasteiger partial charge in [0.1, 0.15) is 10.0 Å². The van der Waals surface area contributed by atoms with Gasteiger partial charge in [0, 0.05) is 19.3 Å². The van der Waals surface area contributed by atoms with Crippen LogP contribution in [0, 0.1) is 5.92 Å². The molecule has 0 radical (unpaired) electrons. The average molecular weight is 275 g/mol. The standard InChI is InChI=1S/C11H15ClN2O2S/c1-2-14(8-9-3-4-9)17(15,16)10-5-6-11(12)13-7-10/h5-7,9H,2-4,8H2,1H3. The maximum atomic E-state index is 12.3. The summed E-state index contributed by atoms with van der Waals surface area (Å²) in [7, 11) is -3.41. The second-order valence-electron chi connectivity index (χ2n) is 4.22. The van der Waals surface area contributed by atoms with E-state index < -0.39 is 10.0 Å². The van der Waals surface area contributed by atoms with E-state index in [9.17, 15) is 8.42 Å². The van der Waals surface area contributed by atoms with Crippen molar-refractivity contribution in [1.82, 2.24) is 9.29 Å². The number of pyridine rings is 1. The normalized spacial score (nSPS) is 16.4. The molecule has 0 aromatic carbocycles. The molecule has 94 valence electrons. The lowest BCUT2D eigenvalue weighted by Gasteiger charge is -2.19. The highest BCUT2D eigenvalue weighted by Gasteiger charge is 2.30. The van der Waals surface area contributed by atoms with Crippen LogP contribution in [0.4, 0.5) is 0 Å². The number of rotatable bonds is 5. The van der Waals surface area contributed by atoms with Crippen LogP contribution in [0.2, 0.25) is 5.15 Å². The molecule has 0 amide bonds. The largest absolute Gasteiger partial charge is 0.244 e. The first-order chi connectivity index (χ1) is 8.04. The molecule has 2 rings (SSSR count). The Morgan fingerprint density at radius 1 is 1.47 bits per heavy atom. The van der Waals surface area contributed by atoms with Gasteiger partial charge in [0.25, 0.3) is 0 Å². The van der Waals surface area contributed by atoms with E-state index >= 15 is 0 Å². The third kappa shape index (κ3) is 2.97. The zero-order valence-electron chi connectivity index (χ0n) is 9.63. The number of aromatic nitrogens is 1. The minimum atomic E-state index is -3.41. The highest BCUT2D eigenvalue weighted by molar-refractivity contribution is 7.89. The van der Waals surface area contributed by atoms with Crippen LogP contribution in [0.25, 0.3) is 0 Å². The number of hydrogen-bond acceptors (Lipinski definition) is 3. The van der Waals surface area contributed by atoms with Crippen molar-refractivity contribution >= 4 is 21.6 Å². The van der Waals surface area contributed by atoms with E-state index in [1.54, 1.807) is 0 Å². The summed E-state index contributed by atoms with van der Waals surface area (Å²) in [6, 6.07) is 3.00. The quantitative estimate of drug-likeness (QED) is 0.773. The Labute approximate surface area is 107 Å². The van der Waals surface area contributed by atoms with Crippen molar-refractivity contribution in [3.63, 3.8) is 0 Å². The maximum Gasteiger partial charge on any atom is 0.244 e. The molecule has 0 spiro atoms. The Bertz CT molecular complexity index is 483. The Hall–Kier alpha value is -0.650. The summed E-state index contributed by atoms with van der Waals surface area (Å²) in [6.45, 7) is 2.95. The van der Waals surface area contributed by atoms with Crippen LogP contribution in [-0.4, -0.2) is 30.8 Å². The molecule has 0 saturated heterocycles. The Balaban J connectivity index is 2.23. The van der Waals surface area contributed by atoms with Gasteiger partial charge in [0.15, 0.2) is 0 Å². The molecular formula is C11H15ClN2O2S. The number of halogens is 1. The fourth-order valence-corrected chi connectivity index (χ4v) is 3.23. The maximum absolute atomic E-state index is 12.3. The third-order valence-electron chi connectivity index (χ3n) is 2.85. The molecule has 17 heavy (non-hydrogen) atoms. The fourth-order valence-electron chi connectivity index (χ4n) is 1.65. The topological polar surface area (TPSA) is 50.3 Å². The Kier molecular flexibility index (Phi) is 3.70. The second kappa shape index (κ2) is 4.92. The predicted octanol–water partition coefficient (Wildman–Crippen LogP) is 2.16. The van der Waals surface area contributed by atoms with E-state index in [0.717, 1.165) is 12.8 Å². The summed E-state index contributed by atoms with van der Waals surface area (Å²) >= 11 is 5.65. The van der Waals surface area contributed by atoms with E-state index in [1.807, 2.05) is 6.92 Å². The van der Waals surface area contributed by atoms with Gasteiger partial charge < -0.3 is 0 Å². The van der Waals surface area contributed by atoms with Crippen LogP contribution in [0.15, 0.2) is 23.2 Å². The zero-order chi connectivity index (χ0) is 12.5. The summed E-state index contributed by atoms with van der Waals surface area (Å²) in [5.41, 5.74) is 0. The molecule has 1 aromatic heterocycles. The zero-order valence-corrected chi connectivity index (χ0v) is 11.2. The highest BCUT2D eigenvalue weighted by atomic mass is 35.5. The lowest BCUT2D eigenvalue weighted by atomic mass is 10.4. The predicted molar refractivity (Wildman–Crippen MR) is 66.4 cm³/mol. The van der Waals surface area contributed by atoms with Crippen molar-refractivity contribution in [3.05, 3.63) is 23.5 Å². The number of hydrogen-bond donors (Lipinski definition) is 0. The van der Waals surface area contributed by atoms with Crippen molar-refractivity contribution < 1.29 is 8.42 Å². The van der Waals surface area contributed by atoms with E-state index in [4.69, 9.17) is 11.6 Å². The molecule has 1 heterocycles. The third-order valence-corrected chi connectivity index (χ3v) is 5.00. The van der Waals surface area contributed by atoms with E-state index in [-0.39, 0.29) is 4.90 Å². The molecule has 6 heteroatoms. The summed E-state index contributed by atoms with van der Waals surface area (Å²) in [5.74, 6) is 0.532. The van der Waals surface area contributed by atoms with Gasteiger partial charge in [-0.25, -0.2) is 13.4 Å². The molecule has 1 aromatic rings. The monoisotopic (exact) mass is 274 g/mol. The summed E-state index contributed by atoms with van der Waals surface area (Å²) in [5, 5.41) is 0.300. The van der Waals surface area contributed by atoms with Crippen LogP contribution >= 0.6 is 11.6 Å². The van der Waals surface area contributed by atoms with Crippen molar-refractivity contribution in [2.24, 2.45) is 5.92 Å². The van der Waals surface area contributed by atoms with Crippen molar-refractivity contribution in [3.8, 4) is 0 Å². The van der Waals surface area contributed by atoms with E-state index in [2.05, 4.69) is 4.98 Å². The lowest BCUT2D eigenvalue weighted by molar-refractivity contribution is 0.412. The van der Waals surface area contributed by atoms with Gasteiger partial charge in [-0.2, -0.15) is 4.31 Å². The molecule has 1 saturated carbocycles. The van der Waals surface area contributed by atoms with Crippen molar-refractivity contribution in [2.45, 2.75) is 24.7 Å². The molecule has 0 aliphatic heterocycles. The van der Waals surface area contributed by atoms with E-state index in [1.165, 1.54) is 22.6 Å². The van der Waals surface area contributed by atoms with Crippen LogP contribution < -0.4 is 0 Å². The minimum Gasteiger partial charge on any atom is -0.243 e. The van der Waals surface area contributed by atoms with Gasteiger partial charge in [-0.3, -0.25) is 0 Å². The smallest absolute Gasteiger partial charge is 0.243 e.